The van der Waals surface area contributed by atoms with Crippen LogP contribution in [0.15, 0.2) is 29.1 Å². The second kappa shape index (κ2) is 8.67. The Morgan fingerprint density at radius 3 is 2.70 bits per heavy atom. The molecule has 0 radical (unpaired) electrons. The van der Waals surface area contributed by atoms with Crippen molar-refractivity contribution < 1.29 is 24.2 Å². The number of carbonyl (C=O) groups is 2. The number of nitrogens with one attached hydrogen (secondary N) is 1. The van der Waals surface area contributed by atoms with Crippen LogP contribution in [0.2, 0.25) is 0 Å². The minimum Gasteiger partial charge on any atom is -0.458 e. The number of esters is 1. The van der Waals surface area contributed by atoms with E-state index >= 15 is 0 Å². The molecule has 1 atom stereocenters. The molecule has 1 fully saturated rings. The van der Waals surface area contributed by atoms with Gasteiger partial charge in [0.1, 0.15) is 12.4 Å². The number of cyclic esters (lactones) is 1. The monoisotopic (exact) mass is 504 g/mol. The minimum atomic E-state index is -1.86. The molecule has 37 heavy (non-hydrogen) atoms. The van der Waals surface area contributed by atoms with E-state index in [-0.39, 0.29) is 24.7 Å². The number of rotatable bonds is 3. The molecule has 1 aromatic carbocycles. The lowest BCUT2D eigenvalue weighted by Gasteiger charge is -2.31. The van der Waals surface area contributed by atoms with Crippen molar-refractivity contribution in [2.45, 2.75) is 45.4 Å². The Bertz CT molecular complexity index is 1520. The summed E-state index contributed by atoms with van der Waals surface area (Å²) in [6.07, 6.45) is 0.385. The molecule has 0 unspecified atom stereocenters. The molecule has 5 heterocycles. The lowest BCUT2D eigenvalue weighted by atomic mass is 9.86. The molecule has 6 rings (SSSR count). The van der Waals surface area contributed by atoms with Crippen molar-refractivity contribution in [3.63, 3.8) is 0 Å². The van der Waals surface area contributed by atoms with Crippen molar-refractivity contribution >= 4 is 23.0 Å². The number of aliphatic hydroxyl groups is 1. The molecule has 3 aliphatic rings. The third-order valence-electron chi connectivity index (χ3n) is 7.62. The molecule has 0 aliphatic carbocycles. The van der Waals surface area contributed by atoms with E-state index in [0.29, 0.717) is 54.3 Å². The van der Waals surface area contributed by atoms with Gasteiger partial charge in [-0.2, -0.15) is 0 Å². The van der Waals surface area contributed by atoms with Gasteiger partial charge in [-0.15, -0.1) is 0 Å². The molecule has 3 aromatic rings. The van der Waals surface area contributed by atoms with Crippen molar-refractivity contribution in [3.8, 4) is 17.1 Å². The summed E-state index contributed by atoms with van der Waals surface area (Å²) in [6.45, 7) is 6.51. The molecule has 1 saturated heterocycles. The van der Waals surface area contributed by atoms with Crippen molar-refractivity contribution in [3.05, 3.63) is 56.9 Å². The number of piperazine rings is 1. The van der Waals surface area contributed by atoms with E-state index in [0.717, 1.165) is 35.1 Å². The Kier molecular flexibility index (Phi) is 5.54. The fourth-order valence-corrected chi connectivity index (χ4v) is 5.48. The molecule has 2 aromatic heterocycles. The van der Waals surface area contributed by atoms with Gasteiger partial charge in [-0.05, 0) is 42.7 Å². The minimum absolute atomic E-state index is 0.0924. The lowest BCUT2D eigenvalue weighted by molar-refractivity contribution is -0.172. The number of aryl methyl sites for hydroxylation is 1. The average molecular weight is 505 g/mol. The molecule has 0 saturated carbocycles. The number of ether oxygens (including phenoxy) is 2. The highest BCUT2D eigenvalue weighted by Crippen LogP contribution is 2.39. The van der Waals surface area contributed by atoms with Crippen LogP contribution in [-0.2, 0) is 34.7 Å². The highest BCUT2D eigenvalue weighted by molar-refractivity contribution is 5.89. The van der Waals surface area contributed by atoms with Crippen LogP contribution in [0.5, 0.6) is 5.75 Å². The van der Waals surface area contributed by atoms with Crippen molar-refractivity contribution in [2.75, 3.05) is 26.2 Å². The second-order valence-electron chi connectivity index (χ2n) is 9.71. The maximum atomic E-state index is 13.4. The number of fused-ring (bicyclic) bond motifs is 5. The second-order valence-corrected chi connectivity index (χ2v) is 9.71. The molecule has 192 valence electrons. The lowest BCUT2D eigenvalue weighted by Crippen LogP contribution is -2.47. The summed E-state index contributed by atoms with van der Waals surface area (Å²) in [5.74, 6) is -0.283. The Morgan fingerprint density at radius 1 is 1.19 bits per heavy atom. The number of aromatic nitrogens is 2. The molecule has 1 amide bonds. The van der Waals surface area contributed by atoms with Gasteiger partial charge >= 0.3 is 12.1 Å². The Labute approximate surface area is 212 Å². The number of pyridine rings is 2. The highest BCUT2D eigenvalue weighted by Gasteiger charge is 2.45. The number of amides is 1. The summed E-state index contributed by atoms with van der Waals surface area (Å²) in [4.78, 5) is 45.1. The SMILES string of the molecule is CCc1cc(OC(=O)N2CCNCC2)cc2cc3c(nc12)-c1cc2c(c(=O)n1C3)COC(=O)[C@]2(O)CC. The fraction of sp³-hybridized carbons (Fsp3) is 0.407. The zero-order chi connectivity index (χ0) is 25.9. The van der Waals surface area contributed by atoms with Gasteiger partial charge in [0.2, 0.25) is 0 Å². The Hall–Kier alpha value is -3.76. The third-order valence-corrected chi connectivity index (χ3v) is 7.62. The number of hydrogen-bond donors (Lipinski definition) is 2. The Morgan fingerprint density at radius 2 is 1.97 bits per heavy atom. The summed E-state index contributed by atoms with van der Waals surface area (Å²) in [5, 5.41) is 15.1. The number of nitrogens with zero attached hydrogens (tertiary/aromatic N) is 3. The topological polar surface area (TPSA) is 123 Å². The van der Waals surface area contributed by atoms with Gasteiger partial charge in [0.25, 0.3) is 5.56 Å². The summed E-state index contributed by atoms with van der Waals surface area (Å²) in [5.41, 5.74) is 2.15. The van der Waals surface area contributed by atoms with Gasteiger partial charge in [-0.1, -0.05) is 13.8 Å². The van der Waals surface area contributed by atoms with E-state index < -0.39 is 11.6 Å². The molecule has 2 N–H and O–H groups in total. The first-order chi connectivity index (χ1) is 17.8. The maximum absolute atomic E-state index is 13.4. The molecular formula is C27H28N4O6. The van der Waals surface area contributed by atoms with E-state index in [2.05, 4.69) is 5.32 Å². The van der Waals surface area contributed by atoms with Crippen LogP contribution in [-0.4, -0.2) is 57.8 Å². The molecule has 10 nitrogen and oxygen atoms in total. The largest absolute Gasteiger partial charge is 0.458 e. The summed E-state index contributed by atoms with van der Waals surface area (Å²) < 4.78 is 12.5. The maximum Gasteiger partial charge on any atom is 0.415 e. The van der Waals surface area contributed by atoms with Crippen LogP contribution in [0.4, 0.5) is 4.79 Å². The average Bonchev–Trinajstić information content (AvgIpc) is 3.27. The summed E-state index contributed by atoms with van der Waals surface area (Å²) >= 11 is 0. The van der Waals surface area contributed by atoms with Gasteiger partial charge in [0.15, 0.2) is 5.60 Å². The fourth-order valence-electron chi connectivity index (χ4n) is 5.48. The molecule has 0 bridgehead atoms. The normalized spacial score (nSPS) is 20.3. The predicted molar refractivity (Wildman–Crippen MR) is 134 cm³/mol. The Balaban J connectivity index is 1.43. The first-order valence-corrected chi connectivity index (χ1v) is 12.6. The van der Waals surface area contributed by atoms with Gasteiger partial charge in [0, 0.05) is 42.7 Å². The van der Waals surface area contributed by atoms with Crippen LogP contribution >= 0.6 is 0 Å². The zero-order valence-corrected chi connectivity index (χ0v) is 20.8. The van der Waals surface area contributed by atoms with Crippen LogP contribution in [0, 0.1) is 0 Å². The van der Waals surface area contributed by atoms with Crippen LogP contribution in [0.3, 0.4) is 0 Å². The highest BCUT2D eigenvalue weighted by atomic mass is 16.6. The zero-order valence-electron chi connectivity index (χ0n) is 20.8. The van der Waals surface area contributed by atoms with Crippen LogP contribution < -0.4 is 15.6 Å². The van der Waals surface area contributed by atoms with Crippen molar-refractivity contribution in [2.24, 2.45) is 0 Å². The van der Waals surface area contributed by atoms with Crippen LogP contribution in [0.25, 0.3) is 22.3 Å². The molecule has 3 aliphatic heterocycles. The van der Waals surface area contributed by atoms with E-state index in [1.807, 2.05) is 19.1 Å². The standard InChI is InChI=1S/C27H28N4O6/c1-3-15-10-18(37-26(34)30-7-5-28-6-8-30)11-16-9-17-13-31-21(23(17)29-22(15)16)12-20-19(24(31)32)14-36-25(33)27(20,35)4-2/h9-12,28,35H,3-8,13-14H2,1-2H3/t27-/m0/s1. The van der Waals surface area contributed by atoms with E-state index in [4.69, 9.17) is 14.5 Å². The summed E-state index contributed by atoms with van der Waals surface area (Å²) in [7, 11) is 0. The quantitative estimate of drug-likeness (QED) is 0.407. The van der Waals surface area contributed by atoms with Gasteiger partial charge in [-0.25, -0.2) is 14.6 Å². The molecular weight excluding hydrogens is 476 g/mol. The summed E-state index contributed by atoms with van der Waals surface area (Å²) in [6, 6.07) is 7.32. The van der Waals surface area contributed by atoms with Gasteiger partial charge in [-0.3, -0.25) is 4.79 Å². The molecule has 10 heteroatoms. The van der Waals surface area contributed by atoms with E-state index in [9.17, 15) is 19.5 Å². The van der Waals surface area contributed by atoms with E-state index in [1.54, 1.807) is 28.5 Å². The number of hydrogen-bond acceptors (Lipinski definition) is 8. The van der Waals surface area contributed by atoms with Gasteiger partial charge in [0.05, 0.1) is 29.0 Å². The number of carbonyl (C=O) groups excluding carboxylic acids is 2. The van der Waals surface area contributed by atoms with Gasteiger partial charge < -0.3 is 29.4 Å². The predicted octanol–water partition coefficient (Wildman–Crippen LogP) is 2.05. The van der Waals surface area contributed by atoms with E-state index in [1.165, 1.54) is 0 Å². The first-order valence-electron chi connectivity index (χ1n) is 12.6. The smallest absolute Gasteiger partial charge is 0.415 e. The van der Waals surface area contributed by atoms with Crippen molar-refractivity contribution in [1.82, 2.24) is 19.8 Å². The van der Waals surface area contributed by atoms with Crippen LogP contribution in [0.1, 0.15) is 42.5 Å². The number of benzene rings is 1. The first kappa shape index (κ1) is 23.6. The third kappa shape index (κ3) is 3.62. The van der Waals surface area contributed by atoms with Crippen molar-refractivity contribution in [1.29, 1.82) is 0 Å². The molecule has 0 spiro atoms.